The summed E-state index contributed by atoms with van der Waals surface area (Å²) in [6.45, 7) is 2.18. The number of methoxy groups -OCH3 is 1. The first-order valence-electron chi connectivity index (χ1n) is 8.95. The lowest BCUT2D eigenvalue weighted by Gasteiger charge is -2.56. The molecule has 2 aliphatic rings. The van der Waals surface area contributed by atoms with E-state index in [1.54, 1.807) is 7.11 Å². The monoisotopic (exact) mass is 332 g/mol. The van der Waals surface area contributed by atoms with Crippen LogP contribution in [0, 0.1) is 5.92 Å². The van der Waals surface area contributed by atoms with E-state index in [-0.39, 0.29) is 36.4 Å². The predicted octanol–water partition coefficient (Wildman–Crippen LogP) is 1.38. The van der Waals surface area contributed by atoms with Crippen molar-refractivity contribution in [2.75, 3.05) is 33.4 Å². The fourth-order valence-electron chi connectivity index (χ4n) is 3.91. The fourth-order valence-corrected chi connectivity index (χ4v) is 3.91. The van der Waals surface area contributed by atoms with Gasteiger partial charge in [-0.15, -0.1) is 0 Å². The Morgan fingerprint density at radius 3 is 2.62 bits per heavy atom. The Kier molecular flexibility index (Phi) is 5.87. The number of likely N-dealkylation sites (tertiary alicyclic amines) is 1. The molecule has 132 valence electrons. The van der Waals surface area contributed by atoms with E-state index >= 15 is 0 Å². The third-order valence-electron chi connectivity index (χ3n) is 5.46. The van der Waals surface area contributed by atoms with E-state index < -0.39 is 0 Å². The van der Waals surface area contributed by atoms with Gasteiger partial charge < -0.3 is 20.1 Å². The zero-order valence-electron chi connectivity index (χ0n) is 14.4. The first-order valence-corrected chi connectivity index (χ1v) is 8.95. The third-order valence-corrected chi connectivity index (χ3v) is 5.46. The Balaban J connectivity index is 1.74. The molecular formula is C19H28N2O3. The van der Waals surface area contributed by atoms with E-state index in [1.165, 1.54) is 5.56 Å². The molecule has 3 rings (SSSR count). The van der Waals surface area contributed by atoms with Gasteiger partial charge in [0.2, 0.25) is 5.91 Å². The van der Waals surface area contributed by atoms with E-state index in [0.29, 0.717) is 6.61 Å². The first kappa shape index (κ1) is 17.4. The summed E-state index contributed by atoms with van der Waals surface area (Å²) in [4.78, 5) is 14.8. The molecular weight excluding hydrogens is 304 g/mol. The van der Waals surface area contributed by atoms with Gasteiger partial charge in [0.1, 0.15) is 0 Å². The van der Waals surface area contributed by atoms with Crippen LogP contribution in [0.3, 0.4) is 0 Å². The van der Waals surface area contributed by atoms with E-state index in [2.05, 4.69) is 17.4 Å². The molecule has 0 radical (unpaired) electrons. The molecule has 1 aromatic rings. The molecule has 1 heterocycles. The van der Waals surface area contributed by atoms with Crippen molar-refractivity contribution in [1.82, 2.24) is 10.2 Å². The molecule has 5 heteroatoms. The smallest absolute Gasteiger partial charge is 0.226 e. The number of carbonyl (C=O) groups is 1. The maximum atomic E-state index is 12.8. The average Bonchev–Trinajstić information content (AvgIpc) is 2.53. The summed E-state index contributed by atoms with van der Waals surface area (Å²) in [5, 5.41) is 13.3. The topological polar surface area (TPSA) is 61.8 Å². The van der Waals surface area contributed by atoms with Crippen LogP contribution in [0.25, 0.3) is 0 Å². The number of aliphatic hydroxyl groups is 1. The number of hydrogen-bond donors (Lipinski definition) is 2. The lowest BCUT2D eigenvalue weighted by Crippen LogP contribution is -2.69. The van der Waals surface area contributed by atoms with Gasteiger partial charge in [0.25, 0.3) is 0 Å². The van der Waals surface area contributed by atoms with Crippen molar-refractivity contribution in [2.24, 2.45) is 5.92 Å². The molecule has 1 aliphatic heterocycles. The molecule has 0 aromatic heterocycles. The molecule has 0 spiro atoms. The summed E-state index contributed by atoms with van der Waals surface area (Å²) in [6, 6.07) is 10.2. The van der Waals surface area contributed by atoms with Crippen LogP contribution >= 0.6 is 0 Å². The second-order valence-electron chi connectivity index (χ2n) is 6.82. The standard InChI is InChI=1S/C19H28N2O3/c1-24-11-10-20-12-16-18(14-6-3-2-4-7-14)17(13-22)21(16)19(23)15-8-5-9-15/h2-4,6-7,15-18,20,22H,5,8-13H2,1H3/t16-,17-,18-/m1/s1. The molecule has 1 aliphatic carbocycles. The minimum Gasteiger partial charge on any atom is -0.394 e. The van der Waals surface area contributed by atoms with Crippen LogP contribution in [0.5, 0.6) is 0 Å². The maximum Gasteiger partial charge on any atom is 0.226 e. The fraction of sp³-hybridized carbons (Fsp3) is 0.632. The molecule has 0 bridgehead atoms. The van der Waals surface area contributed by atoms with Crippen LogP contribution in [0.4, 0.5) is 0 Å². The SMILES string of the molecule is COCCNC[C@@H]1[C@@H](c2ccccc2)[C@@H](CO)N1C(=O)C1CCC1. The van der Waals surface area contributed by atoms with Gasteiger partial charge in [-0.1, -0.05) is 36.8 Å². The first-order chi connectivity index (χ1) is 11.8. The van der Waals surface area contributed by atoms with Crippen molar-refractivity contribution >= 4 is 5.91 Å². The summed E-state index contributed by atoms with van der Waals surface area (Å²) < 4.78 is 5.09. The Bertz CT molecular complexity index is 533. The minimum atomic E-state index is -0.102. The number of hydrogen-bond acceptors (Lipinski definition) is 4. The Hall–Kier alpha value is -1.43. The average molecular weight is 332 g/mol. The van der Waals surface area contributed by atoms with Gasteiger partial charge in [-0.2, -0.15) is 0 Å². The summed E-state index contributed by atoms with van der Waals surface area (Å²) in [5.74, 6) is 0.582. The summed E-state index contributed by atoms with van der Waals surface area (Å²) in [5.41, 5.74) is 1.20. The zero-order chi connectivity index (χ0) is 16.9. The minimum absolute atomic E-state index is 0.0204. The summed E-state index contributed by atoms with van der Waals surface area (Å²) >= 11 is 0. The van der Waals surface area contributed by atoms with Crippen LogP contribution in [0.1, 0.15) is 30.7 Å². The Morgan fingerprint density at radius 2 is 2.04 bits per heavy atom. The second-order valence-corrected chi connectivity index (χ2v) is 6.82. The molecule has 1 amide bonds. The van der Waals surface area contributed by atoms with Crippen LogP contribution in [-0.2, 0) is 9.53 Å². The normalized spacial score (nSPS) is 26.8. The van der Waals surface area contributed by atoms with Crippen molar-refractivity contribution in [3.63, 3.8) is 0 Å². The zero-order valence-corrected chi connectivity index (χ0v) is 14.4. The molecule has 1 aromatic carbocycles. The van der Waals surface area contributed by atoms with Crippen molar-refractivity contribution in [3.8, 4) is 0 Å². The lowest BCUT2D eigenvalue weighted by atomic mass is 9.72. The van der Waals surface area contributed by atoms with Gasteiger partial charge in [-0.05, 0) is 18.4 Å². The van der Waals surface area contributed by atoms with Gasteiger partial charge in [0.05, 0.1) is 25.3 Å². The largest absolute Gasteiger partial charge is 0.394 e. The van der Waals surface area contributed by atoms with Gasteiger partial charge >= 0.3 is 0 Å². The van der Waals surface area contributed by atoms with Crippen LogP contribution in [0.15, 0.2) is 30.3 Å². The van der Waals surface area contributed by atoms with E-state index in [1.807, 2.05) is 23.1 Å². The van der Waals surface area contributed by atoms with Crippen molar-refractivity contribution in [1.29, 1.82) is 0 Å². The second kappa shape index (κ2) is 8.10. The highest BCUT2D eigenvalue weighted by molar-refractivity contribution is 5.81. The maximum absolute atomic E-state index is 12.8. The number of aliphatic hydroxyl groups excluding tert-OH is 1. The molecule has 1 saturated carbocycles. The number of ether oxygens (including phenoxy) is 1. The van der Waals surface area contributed by atoms with Crippen molar-refractivity contribution in [2.45, 2.75) is 37.3 Å². The van der Waals surface area contributed by atoms with Crippen LogP contribution < -0.4 is 5.32 Å². The Morgan fingerprint density at radius 1 is 1.29 bits per heavy atom. The third kappa shape index (κ3) is 3.34. The highest BCUT2D eigenvalue weighted by Gasteiger charge is 2.52. The summed E-state index contributed by atoms with van der Waals surface area (Å²) in [7, 11) is 1.69. The molecule has 0 unspecified atom stereocenters. The van der Waals surface area contributed by atoms with Gasteiger partial charge in [0.15, 0.2) is 0 Å². The number of amides is 1. The molecule has 24 heavy (non-hydrogen) atoms. The molecule has 2 fully saturated rings. The van der Waals surface area contributed by atoms with Crippen LogP contribution in [0.2, 0.25) is 0 Å². The number of rotatable bonds is 8. The predicted molar refractivity (Wildman–Crippen MR) is 92.8 cm³/mol. The Labute approximate surface area is 144 Å². The van der Waals surface area contributed by atoms with E-state index in [9.17, 15) is 9.90 Å². The quantitative estimate of drug-likeness (QED) is 0.706. The van der Waals surface area contributed by atoms with Crippen molar-refractivity contribution in [3.05, 3.63) is 35.9 Å². The lowest BCUT2D eigenvalue weighted by molar-refractivity contribution is -0.157. The highest BCUT2D eigenvalue weighted by Crippen LogP contribution is 2.43. The van der Waals surface area contributed by atoms with Gasteiger partial charge in [0, 0.05) is 32.0 Å². The molecule has 5 nitrogen and oxygen atoms in total. The van der Waals surface area contributed by atoms with E-state index in [4.69, 9.17) is 4.74 Å². The van der Waals surface area contributed by atoms with E-state index in [0.717, 1.165) is 32.4 Å². The molecule has 1 saturated heterocycles. The number of nitrogens with one attached hydrogen (secondary N) is 1. The number of nitrogens with zero attached hydrogens (tertiary/aromatic N) is 1. The van der Waals surface area contributed by atoms with Gasteiger partial charge in [-0.3, -0.25) is 4.79 Å². The van der Waals surface area contributed by atoms with Crippen molar-refractivity contribution < 1.29 is 14.6 Å². The molecule has 2 N–H and O–H groups in total. The number of benzene rings is 1. The summed E-state index contributed by atoms with van der Waals surface area (Å²) in [6.07, 6.45) is 3.13. The molecule has 3 atom stereocenters. The highest BCUT2D eigenvalue weighted by atomic mass is 16.5. The van der Waals surface area contributed by atoms with Gasteiger partial charge in [-0.25, -0.2) is 0 Å². The number of carbonyl (C=O) groups excluding carboxylic acids is 1. The van der Waals surface area contributed by atoms with Crippen LogP contribution in [-0.4, -0.2) is 61.4 Å².